The molecule has 19 heavy (non-hydrogen) atoms. The Morgan fingerprint density at radius 2 is 2.05 bits per heavy atom. The molecule has 1 aromatic heterocycles. The van der Waals surface area contributed by atoms with Crippen molar-refractivity contribution < 1.29 is 23.4 Å². The van der Waals surface area contributed by atoms with Crippen molar-refractivity contribution in [3.8, 4) is 11.5 Å². The fourth-order valence-electron chi connectivity index (χ4n) is 1.33. The molecule has 0 radical (unpaired) electrons. The summed E-state index contributed by atoms with van der Waals surface area (Å²) in [6.45, 7) is 0. The van der Waals surface area contributed by atoms with Crippen LogP contribution in [0.1, 0.15) is 10.5 Å². The van der Waals surface area contributed by atoms with Gasteiger partial charge in [-0.2, -0.15) is 4.39 Å². The first-order chi connectivity index (χ1) is 8.97. The van der Waals surface area contributed by atoms with E-state index < -0.39 is 17.6 Å². The minimum absolute atomic E-state index is 0.0452. The lowest BCUT2D eigenvalue weighted by atomic mass is 10.3. The number of hydrogen-bond donors (Lipinski definition) is 1. The molecule has 1 heterocycles. The molecule has 0 saturated heterocycles. The molecule has 7 heteroatoms. The highest BCUT2D eigenvalue weighted by Gasteiger charge is 2.13. The van der Waals surface area contributed by atoms with Gasteiger partial charge in [-0.1, -0.05) is 15.9 Å². The molecule has 4 nitrogen and oxygen atoms in total. The summed E-state index contributed by atoms with van der Waals surface area (Å²) < 4.78 is 32.0. The number of nitrogens with zero attached hydrogens (tertiary/aromatic N) is 1. The molecule has 2 aromatic rings. The normalized spacial score (nSPS) is 10.3. The number of halogens is 3. The van der Waals surface area contributed by atoms with E-state index in [9.17, 15) is 13.6 Å². The zero-order chi connectivity index (χ0) is 14.0. The topological polar surface area (TPSA) is 59.4 Å². The van der Waals surface area contributed by atoms with Crippen LogP contribution in [0.25, 0.3) is 0 Å². The summed E-state index contributed by atoms with van der Waals surface area (Å²) in [5.74, 6) is -3.78. The van der Waals surface area contributed by atoms with Gasteiger partial charge in [0.1, 0.15) is 5.75 Å². The molecule has 0 spiro atoms. The number of carboxylic acid groups (broad SMARTS) is 1. The molecular weight excluding hydrogens is 324 g/mol. The summed E-state index contributed by atoms with van der Waals surface area (Å²) in [7, 11) is 0. The molecule has 1 aromatic carbocycles. The lowest BCUT2D eigenvalue weighted by molar-refractivity contribution is 0.0690. The molecule has 98 valence electrons. The highest BCUT2D eigenvalue weighted by atomic mass is 79.9. The smallest absolute Gasteiger partial charge is 0.354 e. The monoisotopic (exact) mass is 329 g/mol. The molecule has 0 aliphatic rings. The molecule has 0 unspecified atom stereocenters. The highest BCUT2D eigenvalue weighted by Crippen LogP contribution is 2.29. The zero-order valence-corrected chi connectivity index (χ0v) is 10.8. The fraction of sp³-hybridized carbons (Fsp3) is 0. The Kier molecular flexibility index (Phi) is 3.75. The molecule has 0 amide bonds. The summed E-state index contributed by atoms with van der Waals surface area (Å²) in [6, 6.07) is 4.64. The third-order valence-electron chi connectivity index (χ3n) is 2.14. The van der Waals surface area contributed by atoms with Crippen LogP contribution in [0.2, 0.25) is 0 Å². The predicted molar refractivity (Wildman–Crippen MR) is 65.3 cm³/mol. The van der Waals surface area contributed by atoms with Gasteiger partial charge in [0.2, 0.25) is 5.82 Å². The van der Waals surface area contributed by atoms with Gasteiger partial charge in [0.05, 0.1) is 0 Å². The van der Waals surface area contributed by atoms with Crippen molar-refractivity contribution in [3.05, 3.63) is 52.3 Å². The van der Waals surface area contributed by atoms with Crippen LogP contribution in [0.3, 0.4) is 0 Å². The first kappa shape index (κ1) is 13.4. The van der Waals surface area contributed by atoms with Gasteiger partial charge in [-0.25, -0.2) is 14.2 Å². The molecule has 2 rings (SSSR count). The lowest BCUT2D eigenvalue weighted by Gasteiger charge is -2.08. The largest absolute Gasteiger partial charge is 0.477 e. The number of benzene rings is 1. The Morgan fingerprint density at radius 3 is 2.74 bits per heavy atom. The van der Waals surface area contributed by atoms with E-state index in [0.717, 1.165) is 12.1 Å². The van der Waals surface area contributed by atoms with Crippen molar-refractivity contribution in [3.63, 3.8) is 0 Å². The second-order valence-corrected chi connectivity index (χ2v) is 4.40. The van der Waals surface area contributed by atoms with Crippen LogP contribution in [0.15, 0.2) is 34.9 Å². The van der Waals surface area contributed by atoms with Gasteiger partial charge in [0, 0.05) is 16.7 Å². The fourth-order valence-corrected chi connectivity index (χ4v) is 1.73. The molecule has 0 aliphatic heterocycles. The van der Waals surface area contributed by atoms with Crippen molar-refractivity contribution >= 4 is 21.9 Å². The quantitative estimate of drug-likeness (QED) is 0.874. The van der Waals surface area contributed by atoms with E-state index in [2.05, 4.69) is 20.9 Å². The van der Waals surface area contributed by atoms with Crippen LogP contribution >= 0.6 is 15.9 Å². The Balaban J connectivity index is 2.36. The van der Waals surface area contributed by atoms with Gasteiger partial charge in [-0.15, -0.1) is 0 Å². The number of carboxylic acids is 1. The Labute approximate surface area is 114 Å². The minimum atomic E-state index is -1.24. The first-order valence-electron chi connectivity index (χ1n) is 4.99. The number of carbonyl (C=O) groups is 1. The van der Waals surface area contributed by atoms with Crippen molar-refractivity contribution in [2.24, 2.45) is 0 Å². The summed E-state index contributed by atoms with van der Waals surface area (Å²) in [4.78, 5) is 14.3. The summed E-state index contributed by atoms with van der Waals surface area (Å²) >= 11 is 3.01. The number of aromatic carboxylic acids is 1. The van der Waals surface area contributed by atoms with E-state index in [-0.39, 0.29) is 17.2 Å². The molecule has 1 N–H and O–H groups in total. The predicted octanol–water partition coefficient (Wildman–Crippen LogP) is 3.61. The maximum atomic E-state index is 13.5. The Bertz CT molecular complexity index is 649. The van der Waals surface area contributed by atoms with Crippen LogP contribution in [0, 0.1) is 11.6 Å². The van der Waals surface area contributed by atoms with Gasteiger partial charge in [0.25, 0.3) is 0 Å². The number of ether oxygens (including phenoxy) is 1. The van der Waals surface area contributed by atoms with Gasteiger partial charge in [-0.3, -0.25) is 0 Å². The Hall–Kier alpha value is -2.02. The summed E-state index contributed by atoms with van der Waals surface area (Å²) in [6.07, 6.45) is 1.20. The lowest BCUT2D eigenvalue weighted by Crippen LogP contribution is -2.00. The second-order valence-electron chi connectivity index (χ2n) is 3.48. The number of rotatable bonds is 3. The van der Waals surface area contributed by atoms with Crippen molar-refractivity contribution in [2.75, 3.05) is 0 Å². The van der Waals surface area contributed by atoms with Gasteiger partial charge in [0.15, 0.2) is 17.3 Å². The maximum absolute atomic E-state index is 13.5. The van der Waals surface area contributed by atoms with E-state index in [1.54, 1.807) is 0 Å². The van der Waals surface area contributed by atoms with Gasteiger partial charge in [-0.05, 0) is 18.2 Å². The zero-order valence-electron chi connectivity index (χ0n) is 9.23. The van der Waals surface area contributed by atoms with Crippen LogP contribution in [0.5, 0.6) is 11.5 Å². The van der Waals surface area contributed by atoms with E-state index in [0.29, 0.717) is 4.47 Å². The summed E-state index contributed by atoms with van der Waals surface area (Å²) in [5.41, 5.74) is -0.256. The molecule has 0 aliphatic carbocycles. The van der Waals surface area contributed by atoms with E-state index in [1.807, 2.05) is 0 Å². The standard InChI is InChI=1S/C12H6BrF2NO3/c13-6-3-8(14)11(15)10(4-6)19-7-1-2-16-9(5-7)12(17)18/h1-5H,(H,17,18). The molecular formula is C12H6BrF2NO3. The van der Waals surface area contributed by atoms with Crippen molar-refractivity contribution in [1.82, 2.24) is 4.98 Å². The van der Waals surface area contributed by atoms with Crippen LogP contribution in [-0.2, 0) is 0 Å². The molecule has 0 bridgehead atoms. The van der Waals surface area contributed by atoms with Crippen LogP contribution in [0.4, 0.5) is 8.78 Å². The number of hydrogen-bond acceptors (Lipinski definition) is 3. The summed E-state index contributed by atoms with van der Waals surface area (Å²) in [5, 5.41) is 8.76. The highest BCUT2D eigenvalue weighted by molar-refractivity contribution is 9.10. The van der Waals surface area contributed by atoms with Crippen LogP contribution in [-0.4, -0.2) is 16.1 Å². The molecule has 0 atom stereocenters. The maximum Gasteiger partial charge on any atom is 0.354 e. The molecule has 0 fully saturated rings. The van der Waals surface area contributed by atoms with Gasteiger partial charge < -0.3 is 9.84 Å². The van der Waals surface area contributed by atoms with E-state index >= 15 is 0 Å². The van der Waals surface area contributed by atoms with E-state index in [1.165, 1.54) is 18.3 Å². The second kappa shape index (κ2) is 5.31. The Morgan fingerprint density at radius 1 is 1.32 bits per heavy atom. The number of pyridine rings is 1. The molecule has 0 saturated carbocycles. The number of aromatic nitrogens is 1. The van der Waals surface area contributed by atoms with Crippen LogP contribution < -0.4 is 4.74 Å². The van der Waals surface area contributed by atoms with E-state index in [4.69, 9.17) is 9.84 Å². The average molecular weight is 330 g/mol. The van der Waals surface area contributed by atoms with Crippen molar-refractivity contribution in [1.29, 1.82) is 0 Å². The van der Waals surface area contributed by atoms with Gasteiger partial charge >= 0.3 is 5.97 Å². The first-order valence-corrected chi connectivity index (χ1v) is 5.78. The minimum Gasteiger partial charge on any atom is -0.477 e. The third kappa shape index (κ3) is 3.05. The average Bonchev–Trinajstić information content (AvgIpc) is 2.35. The third-order valence-corrected chi connectivity index (χ3v) is 2.60. The SMILES string of the molecule is O=C(O)c1cc(Oc2cc(Br)cc(F)c2F)ccn1. The van der Waals surface area contributed by atoms with Crippen molar-refractivity contribution in [2.45, 2.75) is 0 Å².